The fourth-order valence-electron chi connectivity index (χ4n) is 1.01. The number of nitrogens with one attached hydrogen (secondary N) is 2. The van der Waals surface area contributed by atoms with Crippen LogP contribution < -0.4 is 10.6 Å². The van der Waals surface area contributed by atoms with Crippen molar-refractivity contribution in [3.05, 3.63) is 23.8 Å². The molecule has 0 bridgehead atoms. The Hall–Kier alpha value is -1.51. The van der Waals surface area contributed by atoms with Gasteiger partial charge in [-0.15, -0.1) is 0 Å². The summed E-state index contributed by atoms with van der Waals surface area (Å²) in [7, 11) is 3.65. The molecule has 0 heterocycles. The first-order chi connectivity index (χ1) is 5.80. The maximum Gasteiger partial charge on any atom is 0.150 e. The number of benzene rings is 1. The molecule has 1 rings (SSSR count). The zero-order valence-electron chi connectivity index (χ0n) is 7.22. The highest BCUT2D eigenvalue weighted by atomic mass is 16.1. The van der Waals surface area contributed by atoms with Gasteiger partial charge in [-0.2, -0.15) is 0 Å². The lowest BCUT2D eigenvalue weighted by Crippen LogP contribution is -1.94. The molecule has 3 nitrogen and oxygen atoms in total. The number of aldehydes is 1. The number of rotatable bonds is 3. The van der Waals surface area contributed by atoms with E-state index in [0.717, 1.165) is 17.7 Å². The highest BCUT2D eigenvalue weighted by Gasteiger charge is 1.96. The van der Waals surface area contributed by atoms with Gasteiger partial charge in [0.05, 0.1) is 0 Å². The summed E-state index contributed by atoms with van der Waals surface area (Å²) in [5.74, 6) is 0. The molecule has 0 aromatic heterocycles. The lowest BCUT2D eigenvalue weighted by molar-refractivity contribution is 0.112. The molecule has 0 unspecified atom stereocenters. The van der Waals surface area contributed by atoms with E-state index in [4.69, 9.17) is 0 Å². The molecular weight excluding hydrogens is 152 g/mol. The predicted molar refractivity (Wildman–Crippen MR) is 50.9 cm³/mol. The maximum atomic E-state index is 10.5. The third kappa shape index (κ3) is 1.75. The number of hydrogen-bond acceptors (Lipinski definition) is 3. The fraction of sp³-hybridized carbons (Fsp3) is 0.222. The van der Waals surface area contributed by atoms with E-state index in [0.29, 0.717) is 5.56 Å². The molecule has 0 aliphatic rings. The molecule has 0 spiro atoms. The standard InChI is InChI=1S/C9H12N2O/c1-10-8-3-7(6-12)4-9(5-8)11-2/h3-6,10-11H,1-2H3. The van der Waals surface area contributed by atoms with Gasteiger partial charge in [-0.25, -0.2) is 0 Å². The second-order valence-electron chi connectivity index (χ2n) is 2.46. The van der Waals surface area contributed by atoms with Crippen LogP contribution in [0.4, 0.5) is 11.4 Å². The van der Waals surface area contributed by atoms with E-state index in [1.54, 1.807) is 12.1 Å². The molecule has 1 aromatic rings. The van der Waals surface area contributed by atoms with Crippen LogP contribution in [-0.2, 0) is 0 Å². The van der Waals surface area contributed by atoms with E-state index in [-0.39, 0.29) is 0 Å². The summed E-state index contributed by atoms with van der Waals surface area (Å²) in [5.41, 5.74) is 2.54. The summed E-state index contributed by atoms with van der Waals surface area (Å²) < 4.78 is 0. The Bertz CT molecular complexity index is 262. The molecule has 0 fully saturated rings. The molecule has 0 saturated heterocycles. The van der Waals surface area contributed by atoms with Gasteiger partial charge in [0.1, 0.15) is 6.29 Å². The molecule has 0 aliphatic carbocycles. The van der Waals surface area contributed by atoms with Crippen LogP contribution >= 0.6 is 0 Å². The first-order valence-electron chi connectivity index (χ1n) is 3.76. The normalized spacial score (nSPS) is 9.17. The van der Waals surface area contributed by atoms with Crippen LogP contribution in [0.3, 0.4) is 0 Å². The van der Waals surface area contributed by atoms with Crippen LogP contribution in [0.5, 0.6) is 0 Å². The van der Waals surface area contributed by atoms with Crippen molar-refractivity contribution < 1.29 is 4.79 Å². The fourth-order valence-corrected chi connectivity index (χ4v) is 1.01. The smallest absolute Gasteiger partial charge is 0.150 e. The highest BCUT2D eigenvalue weighted by molar-refractivity contribution is 5.80. The van der Waals surface area contributed by atoms with Gasteiger partial charge >= 0.3 is 0 Å². The van der Waals surface area contributed by atoms with E-state index in [2.05, 4.69) is 10.6 Å². The molecular formula is C9H12N2O. The summed E-state index contributed by atoms with van der Waals surface area (Å²) in [6, 6.07) is 5.54. The Morgan fingerprint density at radius 3 is 1.92 bits per heavy atom. The van der Waals surface area contributed by atoms with Gasteiger partial charge in [-0.1, -0.05) is 0 Å². The molecule has 2 N–H and O–H groups in total. The summed E-state index contributed by atoms with van der Waals surface area (Å²) in [5, 5.41) is 5.96. The lowest BCUT2D eigenvalue weighted by Gasteiger charge is -2.05. The molecule has 64 valence electrons. The minimum Gasteiger partial charge on any atom is -0.388 e. The molecule has 12 heavy (non-hydrogen) atoms. The van der Waals surface area contributed by atoms with Crippen molar-refractivity contribution in [1.82, 2.24) is 0 Å². The lowest BCUT2D eigenvalue weighted by atomic mass is 10.2. The Morgan fingerprint density at radius 2 is 1.58 bits per heavy atom. The maximum absolute atomic E-state index is 10.5. The van der Waals surface area contributed by atoms with Gasteiger partial charge in [0.2, 0.25) is 0 Å². The summed E-state index contributed by atoms with van der Waals surface area (Å²) in [6.07, 6.45) is 0.835. The van der Waals surface area contributed by atoms with Crippen molar-refractivity contribution in [1.29, 1.82) is 0 Å². The van der Waals surface area contributed by atoms with Gasteiger partial charge in [0, 0.05) is 31.0 Å². The molecule has 0 aliphatic heterocycles. The first kappa shape index (κ1) is 8.59. The van der Waals surface area contributed by atoms with Crippen molar-refractivity contribution in [2.75, 3.05) is 24.7 Å². The van der Waals surface area contributed by atoms with E-state index in [9.17, 15) is 4.79 Å². The van der Waals surface area contributed by atoms with Crippen molar-refractivity contribution in [2.45, 2.75) is 0 Å². The Kier molecular flexibility index (Phi) is 2.69. The molecule has 0 atom stereocenters. The van der Waals surface area contributed by atoms with Gasteiger partial charge in [-0.05, 0) is 18.2 Å². The monoisotopic (exact) mass is 164 g/mol. The van der Waals surface area contributed by atoms with E-state index in [1.807, 2.05) is 20.2 Å². The van der Waals surface area contributed by atoms with Crippen LogP contribution in [0.1, 0.15) is 10.4 Å². The van der Waals surface area contributed by atoms with Crippen molar-refractivity contribution in [3.8, 4) is 0 Å². The zero-order chi connectivity index (χ0) is 8.97. The summed E-state index contributed by atoms with van der Waals surface area (Å²) >= 11 is 0. The quantitative estimate of drug-likeness (QED) is 0.666. The van der Waals surface area contributed by atoms with Crippen molar-refractivity contribution in [3.63, 3.8) is 0 Å². The number of anilines is 2. The Balaban J connectivity index is 3.09. The van der Waals surface area contributed by atoms with Crippen LogP contribution in [0, 0.1) is 0 Å². The zero-order valence-corrected chi connectivity index (χ0v) is 7.22. The second-order valence-corrected chi connectivity index (χ2v) is 2.46. The largest absolute Gasteiger partial charge is 0.388 e. The average Bonchev–Trinajstić information content (AvgIpc) is 2.16. The number of carbonyl (C=O) groups excluding carboxylic acids is 1. The molecule has 1 aromatic carbocycles. The molecule has 0 radical (unpaired) electrons. The summed E-state index contributed by atoms with van der Waals surface area (Å²) in [4.78, 5) is 10.5. The van der Waals surface area contributed by atoms with Gasteiger partial charge in [0.15, 0.2) is 0 Å². The van der Waals surface area contributed by atoms with E-state index >= 15 is 0 Å². The first-order valence-corrected chi connectivity index (χ1v) is 3.76. The number of carbonyl (C=O) groups is 1. The molecule has 3 heteroatoms. The minimum absolute atomic E-state index is 0.672. The highest BCUT2D eigenvalue weighted by Crippen LogP contribution is 2.16. The predicted octanol–water partition coefficient (Wildman–Crippen LogP) is 1.58. The van der Waals surface area contributed by atoms with Gasteiger partial charge in [0.25, 0.3) is 0 Å². The van der Waals surface area contributed by atoms with Crippen molar-refractivity contribution in [2.24, 2.45) is 0 Å². The SMILES string of the molecule is CNc1cc(C=O)cc(NC)c1. The molecule has 0 amide bonds. The molecule has 0 saturated carbocycles. The van der Waals surface area contributed by atoms with E-state index < -0.39 is 0 Å². The third-order valence-electron chi connectivity index (χ3n) is 1.67. The van der Waals surface area contributed by atoms with Gasteiger partial charge < -0.3 is 10.6 Å². The summed E-state index contributed by atoms with van der Waals surface area (Å²) in [6.45, 7) is 0. The van der Waals surface area contributed by atoms with Crippen LogP contribution in [0.2, 0.25) is 0 Å². The van der Waals surface area contributed by atoms with Crippen LogP contribution in [0.25, 0.3) is 0 Å². The van der Waals surface area contributed by atoms with Crippen molar-refractivity contribution >= 4 is 17.7 Å². The van der Waals surface area contributed by atoms with Gasteiger partial charge in [-0.3, -0.25) is 4.79 Å². The second kappa shape index (κ2) is 3.76. The van der Waals surface area contributed by atoms with Crippen LogP contribution in [-0.4, -0.2) is 20.4 Å². The van der Waals surface area contributed by atoms with E-state index in [1.165, 1.54) is 0 Å². The third-order valence-corrected chi connectivity index (χ3v) is 1.67. The Morgan fingerprint density at radius 1 is 1.08 bits per heavy atom. The topological polar surface area (TPSA) is 41.1 Å². The Labute approximate surface area is 71.8 Å². The average molecular weight is 164 g/mol. The minimum atomic E-state index is 0.672. The number of hydrogen-bond donors (Lipinski definition) is 2. The van der Waals surface area contributed by atoms with Crippen LogP contribution in [0.15, 0.2) is 18.2 Å².